The van der Waals surface area contributed by atoms with Crippen LogP contribution in [-0.4, -0.2) is 19.9 Å². The van der Waals surface area contributed by atoms with Gasteiger partial charge >= 0.3 is 5.69 Å². The van der Waals surface area contributed by atoms with Gasteiger partial charge in [-0.1, -0.05) is 0 Å². The van der Waals surface area contributed by atoms with Crippen molar-refractivity contribution in [1.29, 1.82) is 0 Å². The minimum absolute atomic E-state index is 0. The van der Waals surface area contributed by atoms with E-state index in [0.29, 0.717) is 0 Å². The zero-order chi connectivity index (χ0) is 7.84. The molecule has 0 atom stereocenters. The van der Waals surface area contributed by atoms with Crippen LogP contribution in [0.25, 0.3) is 11.2 Å². The molecule has 2 aromatic heterocycles. The minimum atomic E-state index is -0.547. The Balaban J connectivity index is 0.000000720. The fourth-order valence-corrected chi connectivity index (χ4v) is 0.867. The summed E-state index contributed by atoms with van der Waals surface area (Å²) in [5, 5.41) is 0. The molecule has 2 aromatic rings. The molecule has 3 N–H and O–H groups in total. The summed E-state index contributed by atoms with van der Waals surface area (Å²) in [6.45, 7) is 0. The number of aromatic amines is 3. The maximum absolute atomic E-state index is 10.9. The molecule has 0 spiro atoms. The summed E-state index contributed by atoms with van der Waals surface area (Å²) < 4.78 is 0. The van der Waals surface area contributed by atoms with Crippen LogP contribution in [0.15, 0.2) is 15.9 Å². The van der Waals surface area contributed by atoms with Crippen LogP contribution in [0, 0.1) is 0 Å². The molecule has 7 heteroatoms. The summed E-state index contributed by atoms with van der Waals surface area (Å²) in [7, 11) is 0. The number of nitrogens with one attached hydrogen (secondary N) is 3. The van der Waals surface area contributed by atoms with Gasteiger partial charge in [-0.05, 0) is 0 Å². The second-order valence-corrected chi connectivity index (χ2v) is 2.03. The molecule has 2 heterocycles. The number of H-pyrrole nitrogens is 3. The predicted octanol–water partition coefficient (Wildman–Crippen LogP) is -1.06. The molecule has 0 aromatic carbocycles. The van der Waals surface area contributed by atoms with Gasteiger partial charge in [0.25, 0.3) is 5.56 Å². The number of nitrogens with zero attached hydrogens (tertiary/aromatic N) is 1. The summed E-state index contributed by atoms with van der Waals surface area (Å²) >= 11 is 0. The van der Waals surface area contributed by atoms with Crippen molar-refractivity contribution in [3.05, 3.63) is 27.2 Å². The summed E-state index contributed by atoms with van der Waals surface area (Å²) in [5.41, 5.74) is -0.445. The van der Waals surface area contributed by atoms with Crippen LogP contribution in [-0.2, 0) is 22.4 Å². The SMILES string of the molecule is O=c1[nH]c(=O)c2[nH]cnc2[nH]1.[Ag]. The molecule has 0 saturated carbocycles. The number of hydrogen-bond donors (Lipinski definition) is 3. The van der Waals surface area contributed by atoms with Gasteiger partial charge in [0.15, 0.2) is 5.65 Å². The Morgan fingerprint density at radius 2 is 2.00 bits per heavy atom. The summed E-state index contributed by atoms with van der Waals surface area (Å²) in [6, 6.07) is 0. The van der Waals surface area contributed by atoms with E-state index in [2.05, 4.69) is 19.9 Å². The first-order chi connectivity index (χ1) is 5.27. The zero-order valence-corrected chi connectivity index (χ0v) is 7.12. The Morgan fingerprint density at radius 1 is 1.25 bits per heavy atom. The normalized spacial score (nSPS) is 9.67. The van der Waals surface area contributed by atoms with Gasteiger partial charge in [0.2, 0.25) is 0 Å². The fourth-order valence-electron chi connectivity index (χ4n) is 0.867. The van der Waals surface area contributed by atoms with Crippen LogP contribution >= 0.6 is 0 Å². The van der Waals surface area contributed by atoms with E-state index in [4.69, 9.17) is 0 Å². The van der Waals surface area contributed by atoms with Gasteiger partial charge < -0.3 is 4.98 Å². The van der Waals surface area contributed by atoms with Gasteiger partial charge in [0, 0.05) is 22.4 Å². The molecule has 0 fully saturated rings. The van der Waals surface area contributed by atoms with Crippen molar-refractivity contribution >= 4 is 11.2 Å². The average molecular weight is 260 g/mol. The molecule has 0 unspecified atom stereocenters. The molecular formula is C5H4AgN4O2. The Kier molecular flexibility index (Phi) is 2.32. The average Bonchev–Trinajstić information content (AvgIpc) is 2.34. The van der Waals surface area contributed by atoms with Crippen molar-refractivity contribution in [2.45, 2.75) is 0 Å². The van der Waals surface area contributed by atoms with Gasteiger partial charge in [-0.25, -0.2) is 9.78 Å². The maximum Gasteiger partial charge on any atom is 0.327 e. The van der Waals surface area contributed by atoms with Crippen molar-refractivity contribution < 1.29 is 22.4 Å². The van der Waals surface area contributed by atoms with Gasteiger partial charge in [0.1, 0.15) is 5.52 Å². The smallest absolute Gasteiger partial charge is 0.327 e. The first kappa shape index (κ1) is 8.98. The van der Waals surface area contributed by atoms with E-state index < -0.39 is 11.2 Å². The van der Waals surface area contributed by atoms with Gasteiger partial charge in [-0.2, -0.15) is 0 Å². The second-order valence-electron chi connectivity index (χ2n) is 2.03. The molecule has 1 radical (unpaired) electrons. The summed E-state index contributed by atoms with van der Waals surface area (Å²) in [5.74, 6) is 0. The molecule has 6 nitrogen and oxygen atoms in total. The zero-order valence-electron chi connectivity index (χ0n) is 5.64. The number of imidazole rings is 1. The second kappa shape index (κ2) is 3.10. The quantitative estimate of drug-likeness (QED) is 0.527. The molecule has 2 rings (SSSR count). The third-order valence-corrected chi connectivity index (χ3v) is 1.33. The maximum atomic E-state index is 10.9. The summed E-state index contributed by atoms with van der Waals surface area (Å²) in [4.78, 5) is 32.3. The van der Waals surface area contributed by atoms with Crippen LogP contribution in [0.5, 0.6) is 0 Å². The fraction of sp³-hybridized carbons (Fsp3) is 0. The Hall–Kier alpha value is -1.11. The van der Waals surface area contributed by atoms with Crippen molar-refractivity contribution in [3.8, 4) is 0 Å². The van der Waals surface area contributed by atoms with E-state index in [1.165, 1.54) is 6.33 Å². The predicted molar refractivity (Wildman–Crippen MR) is 37.3 cm³/mol. The first-order valence-corrected chi connectivity index (χ1v) is 2.93. The molecule has 0 aliphatic heterocycles. The monoisotopic (exact) mass is 259 g/mol. The third kappa shape index (κ3) is 1.27. The molecule has 0 bridgehead atoms. The van der Waals surface area contributed by atoms with Crippen molar-refractivity contribution in [2.24, 2.45) is 0 Å². The Labute approximate surface area is 80.9 Å². The first-order valence-electron chi connectivity index (χ1n) is 2.93. The third-order valence-electron chi connectivity index (χ3n) is 1.33. The molecule has 0 aliphatic carbocycles. The number of aromatic nitrogens is 4. The van der Waals surface area contributed by atoms with Crippen molar-refractivity contribution in [3.63, 3.8) is 0 Å². The van der Waals surface area contributed by atoms with Crippen LogP contribution in [0.4, 0.5) is 0 Å². The van der Waals surface area contributed by atoms with E-state index in [1.54, 1.807) is 0 Å². The standard InChI is InChI=1S/C5H4N4O2.Ag/c10-4-2-3(7-1-6-2)8-5(11)9-4;/h1H,(H3,6,7,8,9,10,11);. The molecular weight excluding hydrogens is 256 g/mol. The number of rotatable bonds is 0. The molecule has 0 amide bonds. The molecule has 0 aliphatic rings. The van der Waals surface area contributed by atoms with Crippen LogP contribution in [0.1, 0.15) is 0 Å². The topological polar surface area (TPSA) is 94.4 Å². The van der Waals surface area contributed by atoms with Gasteiger partial charge in [0.05, 0.1) is 6.33 Å². The summed E-state index contributed by atoms with van der Waals surface area (Å²) in [6.07, 6.45) is 1.34. The molecule has 0 saturated heterocycles. The minimum Gasteiger partial charge on any atom is -0.339 e. The van der Waals surface area contributed by atoms with E-state index in [1.807, 2.05) is 0 Å². The van der Waals surface area contributed by atoms with Gasteiger partial charge in [-0.15, -0.1) is 0 Å². The van der Waals surface area contributed by atoms with E-state index in [9.17, 15) is 9.59 Å². The van der Waals surface area contributed by atoms with Crippen LogP contribution < -0.4 is 11.2 Å². The van der Waals surface area contributed by atoms with Crippen molar-refractivity contribution in [2.75, 3.05) is 0 Å². The Bertz CT molecular complexity index is 496. The molecule has 12 heavy (non-hydrogen) atoms. The van der Waals surface area contributed by atoms with E-state index in [0.717, 1.165) is 0 Å². The van der Waals surface area contributed by atoms with E-state index in [-0.39, 0.29) is 33.5 Å². The number of fused-ring (bicyclic) bond motifs is 1. The van der Waals surface area contributed by atoms with Gasteiger partial charge in [-0.3, -0.25) is 14.8 Å². The Morgan fingerprint density at radius 3 is 2.75 bits per heavy atom. The number of hydrogen-bond acceptors (Lipinski definition) is 3. The van der Waals surface area contributed by atoms with Crippen molar-refractivity contribution in [1.82, 2.24) is 19.9 Å². The van der Waals surface area contributed by atoms with Crippen LogP contribution in [0.3, 0.4) is 0 Å². The van der Waals surface area contributed by atoms with Crippen LogP contribution in [0.2, 0.25) is 0 Å². The largest absolute Gasteiger partial charge is 0.339 e. The van der Waals surface area contributed by atoms with E-state index >= 15 is 0 Å². The molecule has 67 valence electrons.